The van der Waals surface area contributed by atoms with Crippen LogP contribution in [0.3, 0.4) is 0 Å². The van der Waals surface area contributed by atoms with Crippen LogP contribution in [0.15, 0.2) is 70.2 Å². The molecule has 1 aliphatic rings. The van der Waals surface area contributed by atoms with E-state index >= 15 is 0 Å². The summed E-state index contributed by atoms with van der Waals surface area (Å²) in [5.74, 6) is 0.641. The summed E-state index contributed by atoms with van der Waals surface area (Å²) in [7, 11) is -3.54. The van der Waals surface area contributed by atoms with Crippen LogP contribution in [0.5, 0.6) is 0 Å². The fourth-order valence-electron chi connectivity index (χ4n) is 3.58. The molecule has 1 amide bonds. The fourth-order valence-corrected chi connectivity index (χ4v) is 5.06. The molecule has 8 heteroatoms. The van der Waals surface area contributed by atoms with Gasteiger partial charge in [0.2, 0.25) is 10.0 Å². The number of furan rings is 1. The van der Waals surface area contributed by atoms with Gasteiger partial charge >= 0.3 is 0 Å². The number of carbonyl (C=O) groups is 1. The third-order valence-electron chi connectivity index (χ3n) is 5.24. The van der Waals surface area contributed by atoms with Crippen LogP contribution in [-0.2, 0) is 21.4 Å². The van der Waals surface area contributed by atoms with Crippen molar-refractivity contribution in [3.63, 3.8) is 0 Å². The molecule has 1 aromatic heterocycles. The Morgan fingerprint density at radius 2 is 1.79 bits per heavy atom. The van der Waals surface area contributed by atoms with E-state index in [1.807, 2.05) is 36.4 Å². The molecule has 29 heavy (non-hydrogen) atoms. The molecule has 152 valence electrons. The Morgan fingerprint density at radius 1 is 1.03 bits per heavy atom. The van der Waals surface area contributed by atoms with Crippen LogP contribution >= 0.6 is 0 Å². The van der Waals surface area contributed by atoms with E-state index in [1.54, 1.807) is 24.5 Å². The number of hydrogen-bond donors (Lipinski definition) is 2. The first kappa shape index (κ1) is 19.6. The number of carbonyl (C=O) groups excluding carboxylic acids is 1. The number of sulfonamides is 1. The highest BCUT2D eigenvalue weighted by Gasteiger charge is 2.31. The molecule has 0 unspecified atom stereocenters. The van der Waals surface area contributed by atoms with Gasteiger partial charge in [-0.2, -0.15) is 4.31 Å². The number of fused-ring (bicyclic) bond motifs is 1. The molecule has 0 saturated carbocycles. The molecule has 7 nitrogen and oxygen atoms in total. The molecule has 1 saturated heterocycles. The van der Waals surface area contributed by atoms with Crippen molar-refractivity contribution < 1.29 is 22.5 Å². The minimum atomic E-state index is -3.54. The Hall–Kier alpha value is -2.68. The molecule has 0 bridgehead atoms. The van der Waals surface area contributed by atoms with Crippen molar-refractivity contribution in [2.75, 3.05) is 32.7 Å². The van der Waals surface area contributed by atoms with Crippen molar-refractivity contribution in [3.05, 3.63) is 66.6 Å². The summed E-state index contributed by atoms with van der Waals surface area (Å²) < 4.78 is 32.8. The number of rotatable bonds is 6. The Balaban J connectivity index is 1.33. The summed E-state index contributed by atoms with van der Waals surface area (Å²) in [5, 5.41) is 4.75. The van der Waals surface area contributed by atoms with Gasteiger partial charge in [-0.3, -0.25) is 4.79 Å². The van der Waals surface area contributed by atoms with Crippen LogP contribution in [-0.4, -0.2) is 51.4 Å². The Labute approximate surface area is 170 Å². The third-order valence-corrected chi connectivity index (χ3v) is 7.13. The highest BCUT2D eigenvalue weighted by molar-refractivity contribution is 7.89. The second-order valence-electron chi connectivity index (χ2n) is 7.20. The van der Waals surface area contributed by atoms with E-state index in [0.29, 0.717) is 49.9 Å². The molecule has 3 aromatic rings. The van der Waals surface area contributed by atoms with Gasteiger partial charge in [0.25, 0.3) is 5.91 Å². The molecule has 2 aromatic carbocycles. The zero-order chi connectivity index (χ0) is 20.3. The number of piperazine rings is 1. The monoisotopic (exact) mass is 414 g/mol. The van der Waals surface area contributed by atoms with E-state index in [0.717, 1.165) is 15.7 Å². The van der Waals surface area contributed by atoms with Crippen LogP contribution in [0, 0.1) is 0 Å². The van der Waals surface area contributed by atoms with E-state index < -0.39 is 10.0 Å². The molecule has 1 fully saturated rings. The van der Waals surface area contributed by atoms with Gasteiger partial charge in [-0.25, -0.2) is 8.42 Å². The fraction of sp³-hybridized carbons (Fsp3) is 0.286. The van der Waals surface area contributed by atoms with Crippen molar-refractivity contribution in [3.8, 4) is 0 Å². The predicted molar refractivity (Wildman–Crippen MR) is 109 cm³/mol. The molecule has 0 aliphatic carbocycles. The Kier molecular flexibility index (Phi) is 5.66. The minimum absolute atomic E-state index is 0.0674. The quantitative estimate of drug-likeness (QED) is 0.620. The summed E-state index contributed by atoms with van der Waals surface area (Å²) in [6.45, 7) is 2.68. The van der Waals surface area contributed by atoms with Crippen LogP contribution in [0.4, 0.5) is 0 Å². The lowest BCUT2D eigenvalue weighted by molar-refractivity contribution is -0.895. The zero-order valence-electron chi connectivity index (χ0n) is 16.0. The number of amides is 1. The molecule has 4 rings (SSSR count). The van der Waals surface area contributed by atoms with E-state index in [4.69, 9.17) is 4.42 Å². The summed E-state index contributed by atoms with van der Waals surface area (Å²) >= 11 is 0. The van der Waals surface area contributed by atoms with Gasteiger partial charge in [0, 0.05) is 0 Å². The second-order valence-corrected chi connectivity index (χ2v) is 9.13. The maximum atomic E-state index is 13.0. The maximum Gasteiger partial charge on any atom is 0.275 e. The van der Waals surface area contributed by atoms with Gasteiger partial charge < -0.3 is 14.6 Å². The molecular formula is C21H24N3O4S+. The van der Waals surface area contributed by atoms with Gasteiger partial charge in [0.05, 0.1) is 43.9 Å². The minimum Gasteiger partial charge on any atom is -0.467 e. The maximum absolute atomic E-state index is 13.0. The molecule has 2 heterocycles. The van der Waals surface area contributed by atoms with Gasteiger partial charge in [-0.1, -0.05) is 30.3 Å². The smallest absolute Gasteiger partial charge is 0.275 e. The summed E-state index contributed by atoms with van der Waals surface area (Å²) in [6.07, 6.45) is 1.57. The van der Waals surface area contributed by atoms with Crippen molar-refractivity contribution in [2.45, 2.75) is 11.4 Å². The lowest BCUT2D eigenvalue weighted by atomic mass is 10.1. The van der Waals surface area contributed by atoms with Crippen LogP contribution < -0.4 is 10.2 Å². The molecule has 1 aliphatic heterocycles. The zero-order valence-corrected chi connectivity index (χ0v) is 16.8. The highest BCUT2D eigenvalue weighted by Crippen LogP contribution is 2.21. The molecule has 0 spiro atoms. The first-order valence-electron chi connectivity index (χ1n) is 9.64. The highest BCUT2D eigenvalue weighted by atomic mass is 32.2. The number of nitrogens with one attached hydrogen (secondary N) is 2. The van der Waals surface area contributed by atoms with E-state index in [1.165, 1.54) is 4.31 Å². The number of benzene rings is 2. The van der Waals surface area contributed by atoms with Gasteiger partial charge in [0.1, 0.15) is 5.76 Å². The van der Waals surface area contributed by atoms with Gasteiger partial charge in [-0.05, 0) is 35.0 Å². The molecule has 2 N–H and O–H groups in total. The van der Waals surface area contributed by atoms with Crippen LogP contribution in [0.1, 0.15) is 5.76 Å². The lowest BCUT2D eigenvalue weighted by Gasteiger charge is -2.31. The summed E-state index contributed by atoms with van der Waals surface area (Å²) in [4.78, 5) is 13.5. The SMILES string of the molecule is O=C(C[NH+]1CCN(S(=O)(=O)c2ccc3ccccc3c2)CC1)NCc1ccco1. The van der Waals surface area contributed by atoms with Crippen molar-refractivity contribution >= 4 is 26.7 Å². The van der Waals surface area contributed by atoms with Crippen molar-refractivity contribution in [2.24, 2.45) is 0 Å². The normalized spacial score (nSPS) is 16.1. The third kappa shape index (κ3) is 4.50. The standard InChI is InChI=1S/C21H23N3O4S/c25-21(22-15-19-6-3-13-28-19)16-23-9-11-24(12-10-23)29(26,27)20-8-7-17-4-1-2-5-18(17)14-20/h1-8,13-14H,9-12,15-16H2,(H,22,25)/p+1. The van der Waals surface area contributed by atoms with Crippen LogP contribution in [0.25, 0.3) is 10.8 Å². The number of quaternary nitrogens is 1. The van der Waals surface area contributed by atoms with Gasteiger partial charge in [0.15, 0.2) is 6.54 Å². The first-order valence-corrected chi connectivity index (χ1v) is 11.1. The van der Waals surface area contributed by atoms with Gasteiger partial charge in [-0.15, -0.1) is 0 Å². The lowest BCUT2D eigenvalue weighted by Crippen LogP contribution is -3.15. The summed E-state index contributed by atoms with van der Waals surface area (Å²) in [6, 6.07) is 16.5. The largest absolute Gasteiger partial charge is 0.467 e. The van der Waals surface area contributed by atoms with E-state index in [2.05, 4.69) is 5.32 Å². The second kappa shape index (κ2) is 8.36. The molecule has 0 atom stereocenters. The number of hydrogen-bond acceptors (Lipinski definition) is 4. The summed E-state index contributed by atoms with van der Waals surface area (Å²) in [5.41, 5.74) is 0. The van der Waals surface area contributed by atoms with Crippen molar-refractivity contribution in [1.29, 1.82) is 0 Å². The number of nitrogens with zero attached hydrogens (tertiary/aromatic N) is 1. The van der Waals surface area contributed by atoms with Crippen molar-refractivity contribution in [1.82, 2.24) is 9.62 Å². The first-order chi connectivity index (χ1) is 14.0. The van der Waals surface area contributed by atoms with Crippen LogP contribution in [0.2, 0.25) is 0 Å². The Morgan fingerprint density at radius 3 is 2.52 bits per heavy atom. The Bertz CT molecular complexity index is 1090. The van der Waals surface area contributed by atoms with E-state index in [9.17, 15) is 13.2 Å². The topological polar surface area (TPSA) is 84.1 Å². The van der Waals surface area contributed by atoms with E-state index in [-0.39, 0.29) is 5.91 Å². The molecular weight excluding hydrogens is 390 g/mol. The molecule has 0 radical (unpaired) electrons. The predicted octanol–water partition coefficient (Wildman–Crippen LogP) is 0.638. The average molecular weight is 415 g/mol. The average Bonchev–Trinajstić information content (AvgIpc) is 3.26.